The number of aromatic nitrogens is 1. The fourth-order valence-electron chi connectivity index (χ4n) is 1.64. The summed E-state index contributed by atoms with van der Waals surface area (Å²) in [5.74, 6) is -0.815. The van der Waals surface area contributed by atoms with E-state index in [1.54, 1.807) is 6.20 Å². The summed E-state index contributed by atoms with van der Waals surface area (Å²) in [4.78, 5) is 13.6. The third-order valence-corrected chi connectivity index (χ3v) is 2.16. The zero-order valence-electron chi connectivity index (χ0n) is 6.05. The van der Waals surface area contributed by atoms with Gasteiger partial charge in [0.1, 0.15) is 0 Å². The number of aromatic carboxylic acids is 1. The molecule has 11 heavy (non-hydrogen) atoms. The van der Waals surface area contributed by atoms with Crippen molar-refractivity contribution in [2.45, 2.75) is 19.3 Å². The molecular weight excluding hydrogens is 142 g/mol. The second-order valence-electron chi connectivity index (χ2n) is 2.82. The number of aromatic amines is 1. The van der Waals surface area contributed by atoms with Gasteiger partial charge in [-0.25, -0.2) is 4.79 Å². The van der Waals surface area contributed by atoms with Gasteiger partial charge >= 0.3 is 5.97 Å². The number of carboxylic acid groups (broad SMARTS) is 1. The second-order valence-corrected chi connectivity index (χ2v) is 2.82. The van der Waals surface area contributed by atoms with E-state index >= 15 is 0 Å². The van der Waals surface area contributed by atoms with Gasteiger partial charge < -0.3 is 10.1 Å². The average molecular weight is 151 g/mol. The maximum Gasteiger partial charge on any atom is 0.337 e. The first kappa shape index (κ1) is 6.46. The lowest BCUT2D eigenvalue weighted by atomic mass is 10.1. The van der Waals surface area contributed by atoms with Crippen LogP contribution in [0.25, 0.3) is 0 Å². The summed E-state index contributed by atoms with van der Waals surface area (Å²) in [7, 11) is 0. The van der Waals surface area contributed by atoms with Crippen LogP contribution in [0.2, 0.25) is 0 Å². The van der Waals surface area contributed by atoms with Crippen molar-refractivity contribution >= 4 is 5.97 Å². The molecule has 0 saturated carbocycles. The van der Waals surface area contributed by atoms with E-state index in [1.165, 1.54) is 0 Å². The maximum atomic E-state index is 10.6. The van der Waals surface area contributed by atoms with Crippen molar-refractivity contribution in [1.82, 2.24) is 4.98 Å². The third kappa shape index (κ3) is 0.843. The molecule has 0 aromatic carbocycles. The van der Waals surface area contributed by atoms with Crippen molar-refractivity contribution in [2.24, 2.45) is 0 Å². The minimum Gasteiger partial charge on any atom is -0.478 e. The molecule has 0 spiro atoms. The number of rotatable bonds is 1. The van der Waals surface area contributed by atoms with Crippen molar-refractivity contribution in [2.75, 3.05) is 0 Å². The fraction of sp³-hybridized carbons (Fsp3) is 0.375. The molecule has 0 radical (unpaired) electrons. The molecule has 0 bridgehead atoms. The van der Waals surface area contributed by atoms with Crippen LogP contribution in [0, 0.1) is 0 Å². The molecule has 1 heterocycles. The smallest absolute Gasteiger partial charge is 0.337 e. The average Bonchev–Trinajstić information content (AvgIpc) is 2.41. The Kier molecular flexibility index (Phi) is 1.24. The predicted octanol–water partition coefficient (Wildman–Crippen LogP) is 1.20. The van der Waals surface area contributed by atoms with Crippen molar-refractivity contribution < 1.29 is 9.90 Å². The first-order valence-corrected chi connectivity index (χ1v) is 3.71. The van der Waals surface area contributed by atoms with Crippen LogP contribution in [0.15, 0.2) is 6.20 Å². The van der Waals surface area contributed by atoms with E-state index in [4.69, 9.17) is 5.11 Å². The molecule has 0 amide bonds. The summed E-state index contributed by atoms with van der Waals surface area (Å²) in [5, 5.41) is 8.72. The van der Waals surface area contributed by atoms with E-state index in [2.05, 4.69) is 4.98 Å². The Labute approximate surface area is 64.1 Å². The molecule has 58 valence electrons. The van der Waals surface area contributed by atoms with E-state index in [0.717, 1.165) is 30.5 Å². The summed E-state index contributed by atoms with van der Waals surface area (Å²) >= 11 is 0. The van der Waals surface area contributed by atoms with Gasteiger partial charge in [-0.2, -0.15) is 0 Å². The summed E-state index contributed by atoms with van der Waals surface area (Å²) < 4.78 is 0. The molecule has 2 rings (SSSR count). The topological polar surface area (TPSA) is 53.1 Å². The Hall–Kier alpha value is -1.25. The van der Waals surface area contributed by atoms with Crippen molar-refractivity contribution in [1.29, 1.82) is 0 Å². The fourth-order valence-corrected chi connectivity index (χ4v) is 1.64. The molecule has 0 fully saturated rings. The summed E-state index contributed by atoms with van der Waals surface area (Å²) in [5.41, 5.74) is 2.58. The number of fused-ring (bicyclic) bond motifs is 1. The van der Waals surface area contributed by atoms with Gasteiger partial charge in [0, 0.05) is 11.9 Å². The SMILES string of the molecule is O=C(O)c1c[nH]c2c1CCC2. The summed E-state index contributed by atoms with van der Waals surface area (Å²) in [6, 6.07) is 0. The Morgan fingerprint density at radius 2 is 2.36 bits per heavy atom. The lowest BCUT2D eigenvalue weighted by Gasteiger charge is -1.90. The van der Waals surface area contributed by atoms with E-state index in [1.807, 2.05) is 0 Å². The summed E-state index contributed by atoms with van der Waals surface area (Å²) in [6.45, 7) is 0. The van der Waals surface area contributed by atoms with Gasteiger partial charge in [-0.15, -0.1) is 0 Å². The van der Waals surface area contributed by atoms with Crippen molar-refractivity contribution in [3.8, 4) is 0 Å². The first-order chi connectivity index (χ1) is 5.29. The Morgan fingerprint density at radius 3 is 3.09 bits per heavy atom. The zero-order valence-corrected chi connectivity index (χ0v) is 6.05. The van der Waals surface area contributed by atoms with E-state index in [0.29, 0.717) is 5.56 Å². The lowest BCUT2D eigenvalue weighted by molar-refractivity contribution is 0.0696. The molecule has 1 aliphatic rings. The summed E-state index contributed by atoms with van der Waals surface area (Å²) in [6.07, 6.45) is 4.59. The number of hydrogen-bond acceptors (Lipinski definition) is 1. The van der Waals surface area contributed by atoms with Gasteiger partial charge in [0.15, 0.2) is 0 Å². The van der Waals surface area contributed by atoms with Gasteiger partial charge in [0.2, 0.25) is 0 Å². The Bertz CT molecular complexity index is 301. The zero-order chi connectivity index (χ0) is 7.84. The van der Waals surface area contributed by atoms with E-state index in [-0.39, 0.29) is 0 Å². The third-order valence-electron chi connectivity index (χ3n) is 2.16. The number of hydrogen-bond donors (Lipinski definition) is 2. The molecule has 2 N–H and O–H groups in total. The molecule has 1 aromatic rings. The van der Waals surface area contributed by atoms with Gasteiger partial charge in [0.05, 0.1) is 5.56 Å². The van der Waals surface area contributed by atoms with E-state index in [9.17, 15) is 4.79 Å². The molecule has 0 atom stereocenters. The molecule has 0 unspecified atom stereocenters. The highest BCUT2D eigenvalue weighted by Gasteiger charge is 2.19. The Balaban J connectivity index is 2.50. The number of carbonyl (C=O) groups is 1. The molecular formula is C8H9NO2. The molecule has 0 aliphatic heterocycles. The van der Waals surface area contributed by atoms with Crippen LogP contribution in [0.4, 0.5) is 0 Å². The second kappa shape index (κ2) is 2.12. The highest BCUT2D eigenvalue weighted by atomic mass is 16.4. The van der Waals surface area contributed by atoms with Crippen LogP contribution in [0.1, 0.15) is 28.0 Å². The predicted molar refractivity (Wildman–Crippen MR) is 39.8 cm³/mol. The van der Waals surface area contributed by atoms with Gasteiger partial charge in [-0.3, -0.25) is 0 Å². The van der Waals surface area contributed by atoms with Crippen LogP contribution >= 0.6 is 0 Å². The van der Waals surface area contributed by atoms with Crippen LogP contribution in [-0.2, 0) is 12.8 Å². The minimum absolute atomic E-state index is 0.456. The van der Waals surface area contributed by atoms with Crippen molar-refractivity contribution in [3.05, 3.63) is 23.0 Å². The largest absolute Gasteiger partial charge is 0.478 e. The van der Waals surface area contributed by atoms with Gasteiger partial charge in [-0.1, -0.05) is 0 Å². The monoisotopic (exact) mass is 151 g/mol. The van der Waals surface area contributed by atoms with Crippen LogP contribution in [0.5, 0.6) is 0 Å². The van der Waals surface area contributed by atoms with Crippen LogP contribution in [-0.4, -0.2) is 16.1 Å². The van der Waals surface area contributed by atoms with Gasteiger partial charge in [-0.05, 0) is 24.8 Å². The normalized spacial score (nSPS) is 14.9. The number of H-pyrrole nitrogens is 1. The van der Waals surface area contributed by atoms with Crippen molar-refractivity contribution in [3.63, 3.8) is 0 Å². The molecule has 3 nitrogen and oxygen atoms in total. The molecule has 1 aliphatic carbocycles. The minimum atomic E-state index is -0.815. The van der Waals surface area contributed by atoms with Crippen LogP contribution < -0.4 is 0 Å². The maximum absolute atomic E-state index is 10.6. The molecule has 3 heteroatoms. The standard InChI is InChI=1S/C8H9NO2/c10-8(11)6-4-9-7-3-1-2-5(6)7/h4,9H,1-3H2,(H,10,11). The number of aryl methyl sites for hydroxylation is 1. The quantitative estimate of drug-likeness (QED) is 0.633. The van der Waals surface area contributed by atoms with Gasteiger partial charge in [0.25, 0.3) is 0 Å². The Morgan fingerprint density at radius 1 is 1.55 bits per heavy atom. The lowest BCUT2D eigenvalue weighted by Crippen LogP contribution is -1.97. The van der Waals surface area contributed by atoms with E-state index < -0.39 is 5.97 Å². The molecule has 0 saturated heterocycles. The highest BCUT2D eigenvalue weighted by Crippen LogP contribution is 2.24. The number of nitrogens with one attached hydrogen (secondary N) is 1. The highest BCUT2D eigenvalue weighted by molar-refractivity contribution is 5.89. The number of carboxylic acids is 1. The molecule has 1 aromatic heterocycles. The first-order valence-electron chi connectivity index (χ1n) is 3.71. The van der Waals surface area contributed by atoms with Crippen LogP contribution in [0.3, 0.4) is 0 Å².